The normalized spacial score (nSPS) is 20.3. The number of benzene rings is 2. The van der Waals surface area contributed by atoms with Gasteiger partial charge in [0.15, 0.2) is 0 Å². The van der Waals surface area contributed by atoms with E-state index in [4.69, 9.17) is 14.2 Å². The van der Waals surface area contributed by atoms with Crippen molar-refractivity contribution in [2.24, 2.45) is 0 Å². The minimum atomic E-state index is -0.298. The van der Waals surface area contributed by atoms with E-state index in [0.717, 1.165) is 23.6 Å². The first kappa shape index (κ1) is 19.2. The Morgan fingerprint density at radius 3 is 2.21 bits per heavy atom. The molecule has 3 aliphatic rings. The Morgan fingerprint density at radius 1 is 1.00 bits per heavy atom. The summed E-state index contributed by atoms with van der Waals surface area (Å²) in [6.45, 7) is 2.27. The van der Waals surface area contributed by atoms with Crippen molar-refractivity contribution in [3.63, 3.8) is 0 Å². The molecule has 2 fully saturated rings. The van der Waals surface area contributed by atoms with Gasteiger partial charge in [0.25, 0.3) is 0 Å². The number of fused-ring (bicyclic) bond motifs is 1. The predicted molar refractivity (Wildman–Crippen MR) is 121 cm³/mol. The quantitative estimate of drug-likeness (QED) is 0.473. The van der Waals surface area contributed by atoms with E-state index in [1.807, 2.05) is 14.2 Å². The SMILES string of the molecule is CCCCP1COc2cccc(-c3c(OC)c(C4CC4)cc(C4CC4)c3OC)c21. The van der Waals surface area contributed by atoms with Crippen molar-refractivity contribution in [2.75, 3.05) is 26.7 Å². The fraction of sp³-hybridized carbons (Fsp3) is 0.520. The minimum absolute atomic E-state index is 0.298. The highest BCUT2D eigenvalue weighted by molar-refractivity contribution is 7.66. The van der Waals surface area contributed by atoms with E-state index < -0.39 is 0 Å². The van der Waals surface area contributed by atoms with Gasteiger partial charge in [0.05, 0.1) is 19.8 Å². The molecule has 3 nitrogen and oxygen atoms in total. The Kier molecular flexibility index (Phi) is 5.20. The highest BCUT2D eigenvalue weighted by Crippen LogP contribution is 2.57. The number of methoxy groups -OCH3 is 2. The number of unbranched alkanes of at least 4 members (excludes halogenated alkanes) is 1. The van der Waals surface area contributed by atoms with Gasteiger partial charge in [-0.25, -0.2) is 0 Å². The molecule has 29 heavy (non-hydrogen) atoms. The average Bonchev–Trinajstić information content (AvgIpc) is 3.67. The Morgan fingerprint density at radius 2 is 1.66 bits per heavy atom. The summed E-state index contributed by atoms with van der Waals surface area (Å²) >= 11 is 0. The van der Waals surface area contributed by atoms with Gasteiger partial charge in [0, 0.05) is 10.9 Å². The first-order valence-electron chi connectivity index (χ1n) is 11.1. The summed E-state index contributed by atoms with van der Waals surface area (Å²) in [6, 6.07) is 8.93. The van der Waals surface area contributed by atoms with E-state index in [2.05, 4.69) is 31.2 Å². The summed E-state index contributed by atoms with van der Waals surface area (Å²) in [6.07, 6.45) is 9.65. The standard InChI is InChI=1S/C25H31O3P/c1-4-5-13-29-15-28-21-8-6-7-18(25(21)29)22-23(26-2)19(16-9-10-16)14-20(17-11-12-17)24(22)27-3/h6-8,14,16-17H,4-5,9-13,15H2,1-3H3. The molecule has 154 valence electrons. The van der Waals surface area contributed by atoms with Gasteiger partial charge in [-0.1, -0.05) is 25.5 Å². The van der Waals surface area contributed by atoms with Gasteiger partial charge in [-0.05, 0) is 81.3 Å². The van der Waals surface area contributed by atoms with E-state index in [1.165, 1.54) is 72.2 Å². The Labute approximate surface area is 175 Å². The molecule has 4 heteroatoms. The van der Waals surface area contributed by atoms with Crippen LogP contribution in [0.25, 0.3) is 11.1 Å². The van der Waals surface area contributed by atoms with Gasteiger partial charge < -0.3 is 14.2 Å². The van der Waals surface area contributed by atoms with Crippen LogP contribution in [0.2, 0.25) is 0 Å². The fourth-order valence-electron chi connectivity index (χ4n) is 4.67. The fourth-order valence-corrected chi connectivity index (χ4v) is 7.13. The topological polar surface area (TPSA) is 27.7 Å². The third kappa shape index (κ3) is 3.42. The van der Waals surface area contributed by atoms with Crippen molar-refractivity contribution in [3.05, 3.63) is 35.4 Å². The second-order valence-corrected chi connectivity index (χ2v) is 10.8. The van der Waals surface area contributed by atoms with Gasteiger partial charge >= 0.3 is 0 Å². The third-order valence-corrected chi connectivity index (χ3v) is 8.86. The van der Waals surface area contributed by atoms with Crippen LogP contribution in [0, 0.1) is 0 Å². The van der Waals surface area contributed by atoms with Gasteiger partial charge in [-0.15, -0.1) is 0 Å². The summed E-state index contributed by atoms with van der Waals surface area (Å²) in [5.41, 5.74) is 5.23. The molecule has 0 radical (unpaired) electrons. The smallest absolute Gasteiger partial charge is 0.133 e. The van der Waals surface area contributed by atoms with E-state index in [-0.39, 0.29) is 7.92 Å². The molecule has 0 amide bonds. The Bertz CT molecular complexity index is 877. The molecule has 2 aromatic rings. The average molecular weight is 410 g/mol. The molecule has 2 aromatic carbocycles. The molecule has 2 aliphatic carbocycles. The molecular weight excluding hydrogens is 379 g/mol. The molecule has 2 saturated carbocycles. The zero-order valence-corrected chi connectivity index (χ0v) is 18.7. The maximum atomic E-state index is 6.14. The molecule has 0 saturated heterocycles. The largest absolute Gasteiger partial charge is 0.496 e. The summed E-state index contributed by atoms with van der Waals surface area (Å²) in [5.74, 6) is 4.40. The zero-order valence-electron chi connectivity index (χ0n) is 17.8. The van der Waals surface area contributed by atoms with Crippen molar-refractivity contribution >= 4 is 13.2 Å². The summed E-state index contributed by atoms with van der Waals surface area (Å²) in [7, 11) is 3.34. The second kappa shape index (κ2) is 7.84. The molecule has 0 bridgehead atoms. The van der Waals surface area contributed by atoms with Crippen LogP contribution in [0.4, 0.5) is 0 Å². The molecule has 5 rings (SSSR count). The predicted octanol–water partition coefficient (Wildman–Crippen LogP) is 6.38. The summed E-state index contributed by atoms with van der Waals surface area (Å²) in [5, 5.41) is 1.42. The van der Waals surface area contributed by atoms with Crippen LogP contribution in [0.1, 0.15) is 68.4 Å². The van der Waals surface area contributed by atoms with Crippen molar-refractivity contribution in [2.45, 2.75) is 57.3 Å². The highest BCUT2D eigenvalue weighted by atomic mass is 31.1. The third-order valence-electron chi connectivity index (χ3n) is 6.47. The zero-order chi connectivity index (χ0) is 20.0. The van der Waals surface area contributed by atoms with Crippen LogP contribution >= 0.6 is 7.92 Å². The van der Waals surface area contributed by atoms with Gasteiger partial charge in [-0.3, -0.25) is 0 Å². The van der Waals surface area contributed by atoms with E-state index in [9.17, 15) is 0 Å². The molecule has 0 aromatic heterocycles. The monoisotopic (exact) mass is 410 g/mol. The lowest BCUT2D eigenvalue weighted by molar-refractivity contribution is 0.391. The van der Waals surface area contributed by atoms with Crippen molar-refractivity contribution in [1.29, 1.82) is 0 Å². The van der Waals surface area contributed by atoms with Crippen molar-refractivity contribution in [1.82, 2.24) is 0 Å². The highest BCUT2D eigenvalue weighted by Gasteiger charge is 2.37. The molecular formula is C25H31O3P. The summed E-state index contributed by atoms with van der Waals surface area (Å²) in [4.78, 5) is 0. The van der Waals surface area contributed by atoms with Gasteiger partial charge in [0.1, 0.15) is 23.6 Å². The molecule has 0 N–H and O–H groups in total. The molecule has 1 aliphatic heterocycles. The second-order valence-electron chi connectivity index (χ2n) is 8.59. The van der Waals surface area contributed by atoms with E-state index in [0.29, 0.717) is 11.8 Å². The number of rotatable bonds is 8. The Balaban J connectivity index is 1.73. The maximum absolute atomic E-state index is 6.14. The van der Waals surface area contributed by atoms with Crippen LogP contribution in [0.5, 0.6) is 17.2 Å². The molecule has 1 atom stereocenters. The van der Waals surface area contributed by atoms with Gasteiger partial charge in [0.2, 0.25) is 0 Å². The lowest BCUT2D eigenvalue weighted by Gasteiger charge is -2.23. The summed E-state index contributed by atoms with van der Waals surface area (Å²) < 4.78 is 18.3. The minimum Gasteiger partial charge on any atom is -0.496 e. The number of hydrogen-bond acceptors (Lipinski definition) is 3. The first-order chi connectivity index (χ1) is 14.3. The van der Waals surface area contributed by atoms with Crippen LogP contribution < -0.4 is 19.5 Å². The maximum Gasteiger partial charge on any atom is 0.133 e. The van der Waals surface area contributed by atoms with Crippen molar-refractivity contribution < 1.29 is 14.2 Å². The lowest BCUT2D eigenvalue weighted by Crippen LogP contribution is -2.08. The van der Waals surface area contributed by atoms with Crippen LogP contribution in [0.3, 0.4) is 0 Å². The van der Waals surface area contributed by atoms with Crippen LogP contribution in [-0.2, 0) is 0 Å². The van der Waals surface area contributed by atoms with E-state index in [1.54, 1.807) is 0 Å². The first-order valence-corrected chi connectivity index (χ1v) is 12.8. The molecule has 0 spiro atoms. The number of hydrogen-bond donors (Lipinski definition) is 0. The number of ether oxygens (including phenoxy) is 3. The van der Waals surface area contributed by atoms with Crippen LogP contribution in [-0.4, -0.2) is 26.7 Å². The Hall–Kier alpha value is -1.73. The molecule has 1 unspecified atom stereocenters. The lowest BCUT2D eigenvalue weighted by atomic mass is 9.92. The van der Waals surface area contributed by atoms with Crippen LogP contribution in [0.15, 0.2) is 24.3 Å². The van der Waals surface area contributed by atoms with Gasteiger partial charge in [-0.2, -0.15) is 0 Å². The molecule has 1 heterocycles. The van der Waals surface area contributed by atoms with Crippen molar-refractivity contribution in [3.8, 4) is 28.4 Å². The van der Waals surface area contributed by atoms with E-state index >= 15 is 0 Å².